The number of pyridine rings is 1. The molecule has 0 bridgehead atoms. The summed E-state index contributed by atoms with van der Waals surface area (Å²) in [6, 6.07) is 7.71. The molecule has 1 aromatic heterocycles. The number of hydrogen-bond acceptors (Lipinski definition) is 8. The van der Waals surface area contributed by atoms with Crippen molar-refractivity contribution < 1.29 is 31.8 Å². The van der Waals surface area contributed by atoms with E-state index >= 15 is 0 Å². The number of hydrogen-bond donors (Lipinski definition) is 0. The van der Waals surface area contributed by atoms with Crippen LogP contribution in [0.3, 0.4) is 0 Å². The topological polar surface area (TPSA) is 101 Å². The Labute approximate surface area is 222 Å². The van der Waals surface area contributed by atoms with Crippen molar-refractivity contribution in [2.75, 3.05) is 19.5 Å². The van der Waals surface area contributed by atoms with Crippen LogP contribution in [-0.2, 0) is 19.0 Å². The Morgan fingerprint density at radius 3 is 2.00 bits per heavy atom. The first-order chi connectivity index (χ1) is 17.3. The van der Waals surface area contributed by atoms with Gasteiger partial charge in [0.1, 0.15) is 23.4 Å². The summed E-state index contributed by atoms with van der Waals surface area (Å²) in [7, 11) is -4.17. The van der Waals surface area contributed by atoms with Crippen LogP contribution < -0.4 is 9.47 Å². The van der Waals surface area contributed by atoms with Gasteiger partial charge >= 0.3 is 5.97 Å². The molecule has 0 amide bonds. The van der Waals surface area contributed by atoms with Crippen LogP contribution in [-0.4, -0.2) is 53.3 Å². The average molecular weight is 552 g/mol. The Bertz CT molecular complexity index is 1130. The van der Waals surface area contributed by atoms with Gasteiger partial charge in [0.2, 0.25) is 8.32 Å². The Morgan fingerprint density at radius 1 is 0.919 bits per heavy atom. The molecule has 0 aliphatic carbocycles. The molecule has 10 heteroatoms. The smallest absolute Gasteiger partial charge is 0.338 e. The van der Waals surface area contributed by atoms with Gasteiger partial charge in [-0.2, -0.15) is 0 Å². The number of carbonyl (C=O) groups excluding carboxylic acids is 1. The lowest BCUT2D eigenvalue weighted by atomic mass is 10.2. The molecule has 0 aliphatic rings. The molecule has 2 aromatic rings. The van der Waals surface area contributed by atoms with Gasteiger partial charge in [0.25, 0.3) is 0 Å². The monoisotopic (exact) mass is 551 g/mol. The number of carbonyl (C=O) groups is 1. The number of methoxy groups -OCH3 is 1. The second-order valence-electron chi connectivity index (χ2n) is 10.1. The number of benzene rings is 1. The Kier molecular flexibility index (Phi) is 10.7. The third kappa shape index (κ3) is 7.55. The van der Waals surface area contributed by atoms with E-state index in [1.807, 2.05) is 6.92 Å². The molecule has 0 unspecified atom stereocenters. The second-order valence-corrected chi connectivity index (χ2v) is 17.8. The summed E-state index contributed by atoms with van der Waals surface area (Å²) in [5.41, 5.74) is 1.62. The van der Waals surface area contributed by atoms with Crippen LogP contribution in [0.2, 0.25) is 16.6 Å². The van der Waals surface area contributed by atoms with Gasteiger partial charge in [-0.25, -0.2) is 18.2 Å². The lowest BCUT2D eigenvalue weighted by molar-refractivity contribution is 0.0599. The lowest BCUT2D eigenvalue weighted by Crippen LogP contribution is -2.49. The van der Waals surface area contributed by atoms with E-state index in [9.17, 15) is 13.2 Å². The third-order valence-electron chi connectivity index (χ3n) is 6.56. The molecule has 0 saturated carbocycles. The molecular weight excluding hydrogens is 510 g/mol. The largest absolute Gasteiger partial charge is 0.488 e. The fourth-order valence-corrected chi connectivity index (χ4v) is 11.2. The molecule has 0 N–H and O–H groups in total. The van der Waals surface area contributed by atoms with Gasteiger partial charge < -0.3 is 18.6 Å². The Hall–Kier alpha value is -2.43. The predicted molar refractivity (Wildman–Crippen MR) is 147 cm³/mol. The average Bonchev–Trinajstić information content (AvgIpc) is 2.83. The molecule has 1 atom stereocenters. The minimum atomic E-state index is -3.42. The maximum Gasteiger partial charge on any atom is 0.338 e. The summed E-state index contributed by atoms with van der Waals surface area (Å²) >= 11 is 0. The summed E-state index contributed by atoms with van der Waals surface area (Å²) < 4.78 is 47.6. The normalized spacial score (nSPS) is 13.2. The maximum atomic E-state index is 12.3. The zero-order valence-corrected chi connectivity index (χ0v) is 25.2. The van der Waals surface area contributed by atoms with Crippen LogP contribution in [0, 0.1) is 0 Å². The lowest BCUT2D eigenvalue weighted by Gasteiger charge is -2.42. The summed E-state index contributed by atoms with van der Waals surface area (Å²) in [5, 5.41) is -0.0210. The second kappa shape index (κ2) is 12.9. The summed E-state index contributed by atoms with van der Waals surface area (Å²) in [6.07, 6.45) is 1.06. The highest BCUT2D eigenvalue weighted by molar-refractivity contribution is 7.91. The SMILES string of the molecule is CCS(=O)(=O)c1ccc(Oc2cc(O[C@@H](C)CO[Si](C(C)C)(C(C)C)C(C)C)cc(C(=O)OC)c2)cn1. The van der Waals surface area contributed by atoms with Crippen molar-refractivity contribution in [2.24, 2.45) is 0 Å². The maximum absolute atomic E-state index is 12.3. The Balaban J connectivity index is 2.26. The van der Waals surface area contributed by atoms with Crippen LogP contribution >= 0.6 is 0 Å². The first kappa shape index (κ1) is 30.8. The first-order valence-electron chi connectivity index (χ1n) is 12.7. The van der Waals surface area contributed by atoms with Gasteiger partial charge in [-0.05, 0) is 47.8 Å². The zero-order chi connectivity index (χ0) is 28.0. The van der Waals surface area contributed by atoms with Crippen molar-refractivity contribution >= 4 is 24.1 Å². The van der Waals surface area contributed by atoms with Gasteiger partial charge in [0.05, 0.1) is 31.2 Å². The zero-order valence-electron chi connectivity index (χ0n) is 23.4. The standard InChI is InChI=1S/C27H41NO7SSi/c1-10-36(30,31)26-12-11-23(16-28-26)35-25-14-22(27(29)32-9)13-24(15-25)34-21(8)17-33-37(18(2)3,19(4)5)20(6)7/h11-16,18-21H,10,17H2,1-9H3/t21-/m0/s1. The van der Waals surface area contributed by atoms with Crippen molar-refractivity contribution in [3.8, 4) is 17.2 Å². The van der Waals surface area contributed by atoms with Crippen LogP contribution in [0.25, 0.3) is 0 Å². The molecule has 1 heterocycles. The van der Waals surface area contributed by atoms with E-state index in [4.69, 9.17) is 18.6 Å². The van der Waals surface area contributed by atoms with Crippen molar-refractivity contribution in [3.05, 3.63) is 42.1 Å². The highest BCUT2D eigenvalue weighted by Crippen LogP contribution is 2.42. The highest BCUT2D eigenvalue weighted by atomic mass is 32.2. The van der Waals surface area contributed by atoms with Gasteiger partial charge in [-0.3, -0.25) is 0 Å². The van der Waals surface area contributed by atoms with Crippen molar-refractivity contribution in [3.63, 3.8) is 0 Å². The van der Waals surface area contributed by atoms with Gasteiger partial charge in [0, 0.05) is 6.07 Å². The number of esters is 1. The number of nitrogens with zero attached hydrogens (tertiary/aromatic N) is 1. The molecule has 0 radical (unpaired) electrons. The molecule has 1 aromatic carbocycles. The quantitative estimate of drug-likeness (QED) is 0.208. The fraction of sp³-hybridized carbons (Fsp3) is 0.556. The van der Waals surface area contributed by atoms with Crippen LogP contribution in [0.4, 0.5) is 0 Å². The minimum Gasteiger partial charge on any atom is -0.488 e. The van der Waals surface area contributed by atoms with E-state index in [1.165, 1.54) is 31.5 Å². The molecule has 0 spiro atoms. The van der Waals surface area contributed by atoms with E-state index < -0.39 is 24.1 Å². The number of rotatable bonds is 13. The number of sulfone groups is 1. The highest BCUT2D eigenvalue weighted by Gasteiger charge is 2.45. The van der Waals surface area contributed by atoms with Crippen LogP contribution in [0.1, 0.15) is 65.7 Å². The molecule has 8 nitrogen and oxygen atoms in total. The van der Waals surface area contributed by atoms with Gasteiger partial charge in [-0.15, -0.1) is 0 Å². The molecule has 37 heavy (non-hydrogen) atoms. The number of aromatic nitrogens is 1. The van der Waals surface area contributed by atoms with E-state index in [0.29, 0.717) is 40.5 Å². The molecule has 0 fully saturated rings. The van der Waals surface area contributed by atoms with Gasteiger partial charge in [0.15, 0.2) is 14.9 Å². The summed E-state index contributed by atoms with van der Waals surface area (Å²) in [4.78, 5) is 16.3. The van der Waals surface area contributed by atoms with Crippen molar-refractivity contribution in [2.45, 2.75) is 83.1 Å². The minimum absolute atomic E-state index is 0.0210. The third-order valence-corrected chi connectivity index (χ3v) is 14.3. The Morgan fingerprint density at radius 2 is 1.51 bits per heavy atom. The predicted octanol–water partition coefficient (Wildman–Crippen LogP) is 6.41. The molecule has 206 valence electrons. The van der Waals surface area contributed by atoms with E-state index in [0.717, 1.165) is 0 Å². The van der Waals surface area contributed by atoms with E-state index in [2.05, 4.69) is 46.5 Å². The van der Waals surface area contributed by atoms with Crippen molar-refractivity contribution in [1.82, 2.24) is 4.98 Å². The van der Waals surface area contributed by atoms with Crippen LogP contribution in [0.15, 0.2) is 41.6 Å². The van der Waals surface area contributed by atoms with E-state index in [1.54, 1.807) is 19.1 Å². The number of ether oxygens (including phenoxy) is 3. The molecular formula is C27H41NO7SSi. The van der Waals surface area contributed by atoms with Gasteiger partial charge in [-0.1, -0.05) is 48.5 Å². The molecule has 0 saturated heterocycles. The van der Waals surface area contributed by atoms with Crippen LogP contribution in [0.5, 0.6) is 17.2 Å². The first-order valence-corrected chi connectivity index (χ1v) is 16.5. The van der Waals surface area contributed by atoms with E-state index in [-0.39, 0.29) is 22.4 Å². The van der Waals surface area contributed by atoms with Crippen molar-refractivity contribution in [1.29, 1.82) is 0 Å². The summed E-state index contributed by atoms with van der Waals surface area (Å²) in [6.45, 7) is 17.3. The molecule has 0 aliphatic heterocycles. The summed E-state index contributed by atoms with van der Waals surface area (Å²) in [5.74, 6) is 0.500. The molecule has 2 rings (SSSR count). The fourth-order valence-electron chi connectivity index (χ4n) is 4.86.